The molecule has 4 rings (SSSR count). The van der Waals surface area contributed by atoms with Crippen LogP contribution >= 0.6 is 0 Å². The summed E-state index contributed by atoms with van der Waals surface area (Å²) in [6.45, 7) is 0.947. The Labute approximate surface area is 229 Å². The molecule has 214 valence electrons. The van der Waals surface area contributed by atoms with Crippen molar-refractivity contribution in [2.24, 2.45) is 0 Å². The largest absolute Gasteiger partial charge is 0.421 e. The second-order valence-electron chi connectivity index (χ2n) is 9.11. The van der Waals surface area contributed by atoms with Gasteiger partial charge in [-0.3, -0.25) is 9.10 Å². The highest BCUT2D eigenvalue weighted by Gasteiger charge is 2.35. The maximum atomic E-state index is 13.7. The van der Waals surface area contributed by atoms with Crippen LogP contribution in [0.5, 0.6) is 0 Å². The molecule has 1 amide bonds. The fourth-order valence-electron chi connectivity index (χ4n) is 3.93. The molecule has 1 fully saturated rings. The second kappa shape index (κ2) is 12.0. The first-order chi connectivity index (χ1) is 18.9. The number of hydrogen-bond donors (Lipinski definition) is 3. The fraction of sp³-hybridized carbons (Fsp3) is 0.360. The van der Waals surface area contributed by atoms with Crippen molar-refractivity contribution in [3.8, 4) is 0 Å². The van der Waals surface area contributed by atoms with Gasteiger partial charge in [-0.2, -0.15) is 18.2 Å². The van der Waals surface area contributed by atoms with Crippen LogP contribution in [0.1, 0.15) is 34.3 Å². The number of nitrogens with zero attached hydrogens (tertiary/aromatic N) is 4. The van der Waals surface area contributed by atoms with Gasteiger partial charge in [-0.1, -0.05) is 6.07 Å². The van der Waals surface area contributed by atoms with E-state index in [1.165, 1.54) is 13.2 Å². The number of carbonyl (C=O) groups is 1. The molecule has 0 aliphatic carbocycles. The molecule has 3 N–H and O–H groups in total. The minimum absolute atomic E-state index is 0.0555. The highest BCUT2D eigenvalue weighted by molar-refractivity contribution is 7.92. The number of nitrogens with one attached hydrogen (secondary N) is 3. The molecule has 1 saturated heterocycles. The van der Waals surface area contributed by atoms with Crippen molar-refractivity contribution >= 4 is 39.2 Å². The third-order valence-corrected chi connectivity index (χ3v) is 7.27. The monoisotopic (exact) mass is 579 g/mol. The molecule has 1 aromatic carbocycles. The van der Waals surface area contributed by atoms with Crippen LogP contribution in [0.25, 0.3) is 0 Å². The molecule has 11 nitrogen and oxygen atoms in total. The molecule has 0 spiro atoms. The highest BCUT2D eigenvalue weighted by atomic mass is 32.2. The van der Waals surface area contributed by atoms with Gasteiger partial charge >= 0.3 is 6.18 Å². The quantitative estimate of drug-likeness (QED) is 0.347. The van der Waals surface area contributed by atoms with Crippen molar-refractivity contribution in [2.45, 2.75) is 31.6 Å². The van der Waals surface area contributed by atoms with Gasteiger partial charge in [-0.15, -0.1) is 0 Å². The minimum Gasteiger partial charge on any atom is -0.379 e. The number of carbonyl (C=O) groups excluding carboxylic acids is 1. The Morgan fingerprint density at radius 3 is 2.58 bits per heavy atom. The molecule has 1 unspecified atom stereocenters. The summed E-state index contributed by atoms with van der Waals surface area (Å²) >= 11 is 0. The number of ether oxygens (including phenoxy) is 1. The van der Waals surface area contributed by atoms with Gasteiger partial charge in [-0.25, -0.2) is 18.4 Å². The standard InChI is InChI=1S/C25H28F3N7O4S/c1-35(40(2,37)38)22-17(5-3-11-29-22)13-30-21-20(25(26,27)28)14-31-24(34-21)33-18-9-7-16(8-10-18)23(36)32-19-6-4-12-39-15-19/h3,5,7-11,14,19H,4,6,12-13,15H2,1-2H3,(H,32,36)(H2,30,31,33,34). The van der Waals surface area contributed by atoms with E-state index in [0.717, 1.165) is 23.4 Å². The number of pyridine rings is 1. The lowest BCUT2D eigenvalue weighted by Gasteiger charge is -2.23. The van der Waals surface area contributed by atoms with E-state index in [-0.39, 0.29) is 30.3 Å². The Balaban J connectivity index is 1.50. The number of rotatable bonds is 9. The van der Waals surface area contributed by atoms with Crippen LogP contribution < -0.4 is 20.3 Å². The number of benzene rings is 1. The number of halogens is 3. The molecule has 15 heteroatoms. The first kappa shape index (κ1) is 29.0. The SMILES string of the molecule is CN(c1ncccc1CNc1nc(Nc2ccc(C(=O)NC3CCCOC3)cc2)ncc1C(F)(F)F)S(C)(=O)=O. The van der Waals surface area contributed by atoms with Crippen LogP contribution in [0, 0.1) is 0 Å². The molecule has 0 saturated carbocycles. The predicted octanol–water partition coefficient (Wildman–Crippen LogP) is 3.55. The van der Waals surface area contributed by atoms with Gasteiger partial charge in [0.2, 0.25) is 16.0 Å². The molecule has 1 atom stereocenters. The predicted molar refractivity (Wildman–Crippen MR) is 143 cm³/mol. The van der Waals surface area contributed by atoms with Gasteiger partial charge in [-0.05, 0) is 43.2 Å². The van der Waals surface area contributed by atoms with E-state index in [1.807, 2.05) is 0 Å². The van der Waals surface area contributed by atoms with E-state index >= 15 is 0 Å². The van der Waals surface area contributed by atoms with Crippen LogP contribution in [0.4, 0.5) is 36.4 Å². The minimum atomic E-state index is -4.75. The lowest BCUT2D eigenvalue weighted by Crippen LogP contribution is -2.40. The number of hydrogen-bond acceptors (Lipinski definition) is 9. The number of amides is 1. The summed E-state index contributed by atoms with van der Waals surface area (Å²) in [5.41, 5.74) is 0.106. The second-order valence-corrected chi connectivity index (χ2v) is 11.1. The third kappa shape index (κ3) is 7.35. The fourth-order valence-corrected chi connectivity index (χ4v) is 4.41. The first-order valence-corrected chi connectivity index (χ1v) is 14.1. The van der Waals surface area contributed by atoms with Gasteiger partial charge in [0, 0.05) is 49.4 Å². The summed E-state index contributed by atoms with van der Waals surface area (Å²) in [6, 6.07) is 9.36. The molecule has 3 heterocycles. The van der Waals surface area contributed by atoms with Crippen LogP contribution in [0.15, 0.2) is 48.8 Å². The van der Waals surface area contributed by atoms with E-state index in [0.29, 0.717) is 36.2 Å². The topological polar surface area (TPSA) is 138 Å². The van der Waals surface area contributed by atoms with E-state index in [9.17, 15) is 26.4 Å². The Bertz CT molecular complexity index is 1450. The van der Waals surface area contributed by atoms with Crippen molar-refractivity contribution in [1.82, 2.24) is 20.3 Å². The van der Waals surface area contributed by atoms with Gasteiger partial charge in [0.25, 0.3) is 5.91 Å². The Hall–Kier alpha value is -3.98. The van der Waals surface area contributed by atoms with Gasteiger partial charge in [0.15, 0.2) is 0 Å². The molecule has 0 radical (unpaired) electrons. The summed E-state index contributed by atoms with van der Waals surface area (Å²) in [5, 5.41) is 8.39. The van der Waals surface area contributed by atoms with E-state index in [1.54, 1.807) is 36.4 Å². The zero-order valence-electron chi connectivity index (χ0n) is 21.7. The molecule has 40 heavy (non-hydrogen) atoms. The molecule has 0 bridgehead atoms. The lowest BCUT2D eigenvalue weighted by molar-refractivity contribution is -0.137. The maximum absolute atomic E-state index is 13.7. The first-order valence-electron chi connectivity index (χ1n) is 12.2. The number of sulfonamides is 1. The van der Waals surface area contributed by atoms with E-state index in [4.69, 9.17) is 4.74 Å². The number of aromatic nitrogens is 3. The van der Waals surface area contributed by atoms with E-state index < -0.39 is 27.6 Å². The summed E-state index contributed by atoms with van der Waals surface area (Å²) in [7, 11) is -2.35. The average molecular weight is 580 g/mol. The lowest BCUT2D eigenvalue weighted by atomic mass is 10.1. The molecule has 3 aromatic rings. The molecular weight excluding hydrogens is 551 g/mol. The van der Waals surface area contributed by atoms with Crippen molar-refractivity contribution in [3.63, 3.8) is 0 Å². The summed E-state index contributed by atoms with van der Waals surface area (Å²) in [6.07, 6.45) is -0.0111. The molecular formula is C25H28F3N7O4S. The van der Waals surface area contributed by atoms with Gasteiger partial charge in [0.1, 0.15) is 17.2 Å². The third-order valence-electron chi connectivity index (χ3n) is 6.10. The molecule has 1 aliphatic heterocycles. The van der Waals surface area contributed by atoms with Crippen LogP contribution in [-0.4, -0.2) is 61.8 Å². The van der Waals surface area contributed by atoms with Gasteiger partial charge < -0.3 is 20.7 Å². The Morgan fingerprint density at radius 2 is 1.93 bits per heavy atom. The van der Waals surface area contributed by atoms with Crippen molar-refractivity contribution < 1.29 is 31.1 Å². The number of alkyl halides is 3. The van der Waals surface area contributed by atoms with E-state index in [2.05, 4.69) is 30.9 Å². The molecule has 1 aliphatic rings. The van der Waals surface area contributed by atoms with Gasteiger partial charge in [0.05, 0.1) is 18.9 Å². The Kier molecular flexibility index (Phi) is 8.73. The highest BCUT2D eigenvalue weighted by Crippen LogP contribution is 2.34. The van der Waals surface area contributed by atoms with Crippen LogP contribution in [0.3, 0.4) is 0 Å². The van der Waals surface area contributed by atoms with Crippen molar-refractivity contribution in [3.05, 3.63) is 65.5 Å². The maximum Gasteiger partial charge on any atom is 0.421 e. The zero-order valence-corrected chi connectivity index (χ0v) is 22.5. The summed E-state index contributed by atoms with van der Waals surface area (Å²) in [4.78, 5) is 24.4. The van der Waals surface area contributed by atoms with Crippen LogP contribution in [0.2, 0.25) is 0 Å². The molecule has 2 aromatic heterocycles. The number of anilines is 4. The zero-order chi connectivity index (χ0) is 28.9. The van der Waals surface area contributed by atoms with Crippen molar-refractivity contribution in [2.75, 3.05) is 41.5 Å². The van der Waals surface area contributed by atoms with Crippen molar-refractivity contribution in [1.29, 1.82) is 0 Å². The summed E-state index contributed by atoms with van der Waals surface area (Å²) in [5.74, 6) is -0.812. The Morgan fingerprint density at radius 1 is 1.18 bits per heavy atom. The average Bonchev–Trinajstić information content (AvgIpc) is 2.91. The summed E-state index contributed by atoms with van der Waals surface area (Å²) < 4.78 is 71.3. The smallest absolute Gasteiger partial charge is 0.379 e. The normalized spacial score (nSPS) is 15.8. The van der Waals surface area contributed by atoms with Crippen LogP contribution in [-0.2, 0) is 27.5 Å².